The molecule has 1 unspecified atom stereocenters. The largest absolute Gasteiger partial charge is 0.367 e. The highest BCUT2D eigenvalue weighted by atomic mass is 16.2. The molecule has 2 heterocycles. The van der Waals surface area contributed by atoms with E-state index in [2.05, 4.69) is 10.3 Å². The monoisotopic (exact) mass is 179 g/mol. The highest BCUT2D eigenvalue weighted by Crippen LogP contribution is 2.15. The lowest BCUT2D eigenvalue weighted by atomic mass is 10.1. The van der Waals surface area contributed by atoms with Gasteiger partial charge in [-0.2, -0.15) is 0 Å². The zero-order valence-electron chi connectivity index (χ0n) is 7.58. The first kappa shape index (κ1) is 8.31. The second-order valence-electron chi connectivity index (χ2n) is 3.35. The van der Waals surface area contributed by atoms with Gasteiger partial charge in [0, 0.05) is 26.0 Å². The summed E-state index contributed by atoms with van der Waals surface area (Å²) in [6.07, 6.45) is 3.86. The molecule has 13 heavy (non-hydrogen) atoms. The molecule has 4 nitrogen and oxygen atoms in total. The molecule has 70 valence electrons. The molecule has 1 aliphatic rings. The average molecular weight is 179 g/mol. The number of hydrogen-bond donors (Lipinski definition) is 2. The number of aromatic amines is 1. The van der Waals surface area contributed by atoms with Gasteiger partial charge in [-0.1, -0.05) is 0 Å². The number of carbonyl (C=O) groups is 1. The molecular weight excluding hydrogens is 166 g/mol. The molecular formula is C9H13N3O. The Bertz CT molecular complexity index is 294. The summed E-state index contributed by atoms with van der Waals surface area (Å²) < 4.78 is 0. The Morgan fingerprint density at radius 3 is 3.08 bits per heavy atom. The van der Waals surface area contributed by atoms with Crippen molar-refractivity contribution >= 4 is 5.91 Å². The van der Waals surface area contributed by atoms with E-state index in [4.69, 9.17) is 0 Å². The van der Waals surface area contributed by atoms with E-state index in [-0.39, 0.29) is 11.9 Å². The molecule has 0 radical (unpaired) electrons. The van der Waals surface area contributed by atoms with Crippen molar-refractivity contribution in [3.63, 3.8) is 0 Å². The third kappa shape index (κ3) is 1.58. The number of carbonyl (C=O) groups excluding carboxylic acids is 1. The van der Waals surface area contributed by atoms with Crippen LogP contribution in [0.15, 0.2) is 18.5 Å². The summed E-state index contributed by atoms with van der Waals surface area (Å²) in [5.41, 5.74) is 1.21. The predicted molar refractivity (Wildman–Crippen MR) is 49.2 cm³/mol. The molecule has 2 rings (SSSR count). The van der Waals surface area contributed by atoms with Crippen molar-refractivity contribution < 1.29 is 4.79 Å². The SMILES string of the molecule is CN1CC(c2cc[nH]c2)NCC1=O. The van der Waals surface area contributed by atoms with Crippen molar-refractivity contribution in [3.05, 3.63) is 24.0 Å². The number of amides is 1. The summed E-state index contributed by atoms with van der Waals surface area (Å²) in [7, 11) is 1.84. The zero-order chi connectivity index (χ0) is 9.26. The van der Waals surface area contributed by atoms with E-state index in [0.717, 1.165) is 6.54 Å². The van der Waals surface area contributed by atoms with E-state index in [1.807, 2.05) is 25.5 Å². The maximum Gasteiger partial charge on any atom is 0.236 e. The number of hydrogen-bond acceptors (Lipinski definition) is 2. The maximum atomic E-state index is 11.2. The van der Waals surface area contributed by atoms with Crippen LogP contribution in [0.5, 0.6) is 0 Å². The number of piperazine rings is 1. The lowest BCUT2D eigenvalue weighted by Crippen LogP contribution is -2.47. The highest BCUT2D eigenvalue weighted by Gasteiger charge is 2.23. The number of H-pyrrole nitrogens is 1. The minimum atomic E-state index is 0.159. The van der Waals surface area contributed by atoms with Gasteiger partial charge in [0.25, 0.3) is 0 Å². The summed E-state index contributed by atoms with van der Waals surface area (Å²) in [4.78, 5) is 15.9. The van der Waals surface area contributed by atoms with E-state index < -0.39 is 0 Å². The molecule has 0 saturated carbocycles. The molecule has 1 saturated heterocycles. The minimum Gasteiger partial charge on any atom is -0.367 e. The summed E-state index contributed by atoms with van der Waals surface area (Å²) in [5.74, 6) is 0.159. The van der Waals surface area contributed by atoms with Gasteiger partial charge in [0.2, 0.25) is 5.91 Å². The number of rotatable bonds is 1. The smallest absolute Gasteiger partial charge is 0.236 e. The van der Waals surface area contributed by atoms with Crippen LogP contribution < -0.4 is 5.32 Å². The second kappa shape index (κ2) is 3.22. The summed E-state index contributed by atoms with van der Waals surface area (Å²) in [6, 6.07) is 2.30. The Balaban J connectivity index is 2.07. The first-order valence-corrected chi connectivity index (χ1v) is 4.37. The van der Waals surface area contributed by atoms with Crippen molar-refractivity contribution in [2.45, 2.75) is 6.04 Å². The molecule has 4 heteroatoms. The molecule has 0 spiro atoms. The maximum absolute atomic E-state index is 11.2. The van der Waals surface area contributed by atoms with Crippen LogP contribution in [0.4, 0.5) is 0 Å². The van der Waals surface area contributed by atoms with Crippen molar-refractivity contribution in [1.29, 1.82) is 0 Å². The quantitative estimate of drug-likeness (QED) is 0.643. The van der Waals surface area contributed by atoms with Crippen LogP contribution in [-0.2, 0) is 4.79 Å². The van der Waals surface area contributed by atoms with Crippen LogP contribution in [-0.4, -0.2) is 35.9 Å². The molecule has 0 aliphatic carbocycles. The minimum absolute atomic E-state index is 0.159. The molecule has 2 N–H and O–H groups in total. The third-order valence-electron chi connectivity index (χ3n) is 2.41. The molecule has 1 amide bonds. The third-order valence-corrected chi connectivity index (χ3v) is 2.41. The highest BCUT2D eigenvalue weighted by molar-refractivity contribution is 5.78. The van der Waals surface area contributed by atoms with Crippen LogP contribution in [0.1, 0.15) is 11.6 Å². The van der Waals surface area contributed by atoms with Gasteiger partial charge in [-0.05, 0) is 11.6 Å². The Labute approximate surface area is 76.9 Å². The lowest BCUT2D eigenvalue weighted by molar-refractivity contribution is -0.131. The number of nitrogens with zero attached hydrogens (tertiary/aromatic N) is 1. The Hall–Kier alpha value is -1.29. The summed E-state index contributed by atoms with van der Waals surface area (Å²) in [6.45, 7) is 1.18. The van der Waals surface area contributed by atoms with Crippen molar-refractivity contribution in [2.75, 3.05) is 20.1 Å². The fraction of sp³-hybridized carbons (Fsp3) is 0.444. The second-order valence-corrected chi connectivity index (χ2v) is 3.35. The van der Waals surface area contributed by atoms with Crippen molar-refractivity contribution in [1.82, 2.24) is 15.2 Å². The fourth-order valence-electron chi connectivity index (χ4n) is 1.56. The van der Waals surface area contributed by atoms with Crippen LogP contribution in [0.3, 0.4) is 0 Å². The lowest BCUT2D eigenvalue weighted by Gasteiger charge is -2.30. The van der Waals surface area contributed by atoms with E-state index in [9.17, 15) is 4.79 Å². The molecule has 1 aromatic rings. The van der Waals surface area contributed by atoms with E-state index >= 15 is 0 Å². The first-order valence-electron chi connectivity index (χ1n) is 4.37. The number of aromatic nitrogens is 1. The average Bonchev–Trinajstić information content (AvgIpc) is 2.62. The topological polar surface area (TPSA) is 48.1 Å². The van der Waals surface area contributed by atoms with Crippen LogP contribution in [0.25, 0.3) is 0 Å². The fourth-order valence-corrected chi connectivity index (χ4v) is 1.56. The van der Waals surface area contributed by atoms with E-state index in [1.54, 1.807) is 4.90 Å². The zero-order valence-corrected chi connectivity index (χ0v) is 7.58. The van der Waals surface area contributed by atoms with Gasteiger partial charge in [0.05, 0.1) is 12.6 Å². The number of nitrogens with one attached hydrogen (secondary N) is 2. The van der Waals surface area contributed by atoms with E-state index in [1.165, 1.54) is 5.56 Å². The molecule has 1 fully saturated rings. The van der Waals surface area contributed by atoms with Gasteiger partial charge >= 0.3 is 0 Å². The Morgan fingerprint density at radius 2 is 2.46 bits per heavy atom. The van der Waals surface area contributed by atoms with E-state index in [0.29, 0.717) is 6.54 Å². The summed E-state index contributed by atoms with van der Waals surface area (Å²) >= 11 is 0. The molecule has 0 aromatic carbocycles. The molecule has 1 aliphatic heterocycles. The predicted octanol–water partition coefficient (Wildman–Crippen LogP) is 0.117. The van der Waals surface area contributed by atoms with Gasteiger partial charge in [-0.3, -0.25) is 10.1 Å². The Kier molecular flexibility index (Phi) is 2.06. The molecule has 1 atom stereocenters. The molecule has 1 aromatic heterocycles. The van der Waals surface area contributed by atoms with Gasteiger partial charge in [-0.25, -0.2) is 0 Å². The van der Waals surface area contributed by atoms with Gasteiger partial charge in [0.1, 0.15) is 0 Å². The molecule has 0 bridgehead atoms. The number of likely N-dealkylation sites (N-methyl/N-ethyl adjacent to an activating group) is 1. The standard InChI is InChI=1S/C9H13N3O/c1-12-6-8(11-5-9(12)13)7-2-3-10-4-7/h2-4,8,10-11H,5-6H2,1H3. The van der Waals surface area contributed by atoms with Crippen LogP contribution >= 0.6 is 0 Å². The van der Waals surface area contributed by atoms with Crippen molar-refractivity contribution in [3.8, 4) is 0 Å². The van der Waals surface area contributed by atoms with Crippen molar-refractivity contribution in [2.24, 2.45) is 0 Å². The van der Waals surface area contributed by atoms with Crippen LogP contribution in [0.2, 0.25) is 0 Å². The van der Waals surface area contributed by atoms with Gasteiger partial charge in [-0.15, -0.1) is 0 Å². The van der Waals surface area contributed by atoms with Gasteiger partial charge < -0.3 is 9.88 Å². The first-order chi connectivity index (χ1) is 6.27. The Morgan fingerprint density at radius 1 is 1.62 bits per heavy atom. The van der Waals surface area contributed by atoms with Crippen LogP contribution in [0, 0.1) is 0 Å². The normalized spacial score (nSPS) is 23.6. The van der Waals surface area contributed by atoms with Gasteiger partial charge in [0.15, 0.2) is 0 Å². The summed E-state index contributed by atoms with van der Waals surface area (Å²) in [5, 5.41) is 3.19.